The third-order valence-electron chi connectivity index (χ3n) is 4.07. The Balaban J connectivity index is 1.89. The average molecular weight is 397 g/mol. The molecule has 0 bridgehead atoms. The van der Waals surface area contributed by atoms with Gasteiger partial charge >= 0.3 is 6.03 Å². The van der Waals surface area contributed by atoms with E-state index in [1.807, 2.05) is 35.2 Å². The van der Waals surface area contributed by atoms with Crippen LogP contribution in [0.2, 0.25) is 5.02 Å². The Hall–Kier alpha value is -1.46. The molecule has 2 aromatic rings. The van der Waals surface area contributed by atoms with Crippen LogP contribution in [0, 0.1) is 0 Å². The van der Waals surface area contributed by atoms with E-state index in [1.54, 1.807) is 0 Å². The predicted molar refractivity (Wildman–Crippen MR) is 96.2 cm³/mol. The zero-order chi connectivity index (χ0) is 16.2. The van der Waals surface area contributed by atoms with Crippen molar-refractivity contribution in [2.45, 2.75) is 19.0 Å². The smallest absolute Gasteiger partial charge is 0.318 e. The molecule has 1 aromatic heterocycles. The molecule has 1 aromatic carbocycles. The molecule has 0 saturated carbocycles. The minimum absolute atomic E-state index is 0.0154. The first-order chi connectivity index (χ1) is 11.2. The van der Waals surface area contributed by atoms with Gasteiger partial charge in [-0.15, -0.1) is 0 Å². The summed E-state index contributed by atoms with van der Waals surface area (Å²) in [6, 6.07) is 11.8. The summed E-state index contributed by atoms with van der Waals surface area (Å²) in [4.78, 5) is 14.5. The molecule has 23 heavy (non-hydrogen) atoms. The van der Waals surface area contributed by atoms with Crippen molar-refractivity contribution in [3.05, 3.63) is 58.9 Å². The van der Waals surface area contributed by atoms with Crippen molar-refractivity contribution in [2.24, 2.45) is 0 Å². The molecule has 2 heterocycles. The van der Waals surface area contributed by atoms with Gasteiger partial charge in [-0.1, -0.05) is 39.7 Å². The Labute approximate surface area is 149 Å². The molecule has 0 aliphatic carbocycles. The Kier molecular flexibility index (Phi) is 5.28. The predicted octanol–water partition coefficient (Wildman–Crippen LogP) is 4.04. The summed E-state index contributed by atoms with van der Waals surface area (Å²) in [6.45, 7) is 2.18. The molecule has 0 saturated heterocycles. The number of alkyl halides is 1. The summed E-state index contributed by atoms with van der Waals surface area (Å²) in [7, 11) is 0. The van der Waals surface area contributed by atoms with E-state index in [0.717, 1.165) is 29.6 Å². The normalized spacial score (nSPS) is 17.0. The zero-order valence-corrected chi connectivity index (χ0v) is 15.1. The molecule has 4 nitrogen and oxygen atoms in total. The number of fused-ring (bicyclic) bond motifs is 1. The number of nitrogens with zero attached hydrogens (tertiary/aromatic N) is 2. The highest BCUT2D eigenvalue weighted by molar-refractivity contribution is 9.09. The van der Waals surface area contributed by atoms with Crippen LogP contribution < -0.4 is 5.32 Å². The molecule has 6 heteroatoms. The van der Waals surface area contributed by atoms with Gasteiger partial charge in [0.1, 0.15) is 0 Å². The monoisotopic (exact) mass is 395 g/mol. The van der Waals surface area contributed by atoms with E-state index in [9.17, 15) is 4.79 Å². The SMILES string of the molecule is O=C(NCCCBr)N1CCn2cccc2[C@@H]1c1ccc(Cl)cc1. The number of rotatable bonds is 4. The van der Waals surface area contributed by atoms with Crippen LogP contribution >= 0.6 is 27.5 Å². The zero-order valence-electron chi connectivity index (χ0n) is 12.7. The molecule has 1 N–H and O–H groups in total. The van der Waals surface area contributed by atoms with Gasteiger partial charge in [0.2, 0.25) is 0 Å². The summed E-state index contributed by atoms with van der Waals surface area (Å²) in [6.07, 6.45) is 2.99. The minimum Gasteiger partial charge on any atom is -0.348 e. The third kappa shape index (κ3) is 3.56. The lowest BCUT2D eigenvalue weighted by atomic mass is 10.0. The maximum Gasteiger partial charge on any atom is 0.318 e. The molecule has 1 atom stereocenters. The lowest BCUT2D eigenvalue weighted by Crippen LogP contribution is -2.47. The van der Waals surface area contributed by atoms with E-state index in [4.69, 9.17) is 11.6 Å². The molecule has 1 aliphatic heterocycles. The van der Waals surface area contributed by atoms with Gasteiger partial charge < -0.3 is 14.8 Å². The number of carbonyl (C=O) groups is 1. The van der Waals surface area contributed by atoms with Gasteiger partial charge in [-0.05, 0) is 36.2 Å². The molecule has 0 spiro atoms. The average Bonchev–Trinajstić information content (AvgIpc) is 3.03. The summed E-state index contributed by atoms with van der Waals surface area (Å²) < 4.78 is 2.21. The van der Waals surface area contributed by atoms with Crippen LogP contribution in [0.5, 0.6) is 0 Å². The van der Waals surface area contributed by atoms with E-state index in [-0.39, 0.29) is 12.1 Å². The topological polar surface area (TPSA) is 37.3 Å². The van der Waals surface area contributed by atoms with Gasteiger partial charge in [-0.3, -0.25) is 0 Å². The van der Waals surface area contributed by atoms with Crippen LogP contribution in [0.25, 0.3) is 0 Å². The van der Waals surface area contributed by atoms with E-state index in [2.05, 4.69) is 38.1 Å². The molecule has 0 radical (unpaired) electrons. The molecule has 122 valence electrons. The Morgan fingerprint density at radius 2 is 2.04 bits per heavy atom. The van der Waals surface area contributed by atoms with Gasteiger partial charge in [-0.2, -0.15) is 0 Å². The Morgan fingerprint density at radius 3 is 2.78 bits per heavy atom. The fourth-order valence-electron chi connectivity index (χ4n) is 2.96. The van der Waals surface area contributed by atoms with Crippen LogP contribution in [0.3, 0.4) is 0 Å². The second-order valence-electron chi connectivity index (χ2n) is 5.55. The quantitative estimate of drug-likeness (QED) is 0.614. The van der Waals surface area contributed by atoms with Crippen LogP contribution in [-0.2, 0) is 6.54 Å². The first-order valence-electron chi connectivity index (χ1n) is 7.71. The molecule has 3 rings (SSSR count). The van der Waals surface area contributed by atoms with E-state index in [1.165, 1.54) is 0 Å². The van der Waals surface area contributed by atoms with E-state index < -0.39 is 0 Å². The summed E-state index contributed by atoms with van der Waals surface area (Å²) in [5.74, 6) is 0. The Morgan fingerprint density at radius 1 is 1.26 bits per heavy atom. The van der Waals surface area contributed by atoms with Crippen molar-refractivity contribution in [1.29, 1.82) is 0 Å². The molecule has 0 fully saturated rings. The number of aromatic nitrogens is 1. The molecule has 2 amide bonds. The standard InChI is InChI=1S/C17H19BrClN3O/c18-8-2-9-20-17(23)22-12-11-21-10-1-3-15(21)16(22)13-4-6-14(19)7-5-13/h1,3-7,10,16H,2,8-9,11-12H2,(H,20,23)/t16-/m0/s1. The highest BCUT2D eigenvalue weighted by Gasteiger charge is 2.31. The highest BCUT2D eigenvalue weighted by Crippen LogP contribution is 2.32. The number of carbonyl (C=O) groups excluding carboxylic acids is 1. The van der Waals surface area contributed by atoms with Gasteiger partial charge in [0.05, 0.1) is 6.04 Å². The molecular weight excluding hydrogens is 378 g/mol. The summed E-state index contributed by atoms with van der Waals surface area (Å²) in [5, 5.41) is 4.60. The maximum absolute atomic E-state index is 12.6. The fraction of sp³-hybridized carbons (Fsp3) is 0.353. The number of urea groups is 1. The van der Waals surface area contributed by atoms with Crippen LogP contribution in [-0.4, -0.2) is 33.9 Å². The van der Waals surface area contributed by atoms with Crippen molar-refractivity contribution in [1.82, 2.24) is 14.8 Å². The highest BCUT2D eigenvalue weighted by atomic mass is 79.9. The summed E-state index contributed by atoms with van der Waals surface area (Å²) in [5.41, 5.74) is 2.21. The van der Waals surface area contributed by atoms with Crippen LogP contribution in [0.15, 0.2) is 42.6 Å². The van der Waals surface area contributed by atoms with Gasteiger partial charge in [0.25, 0.3) is 0 Å². The fourth-order valence-corrected chi connectivity index (χ4v) is 3.37. The lowest BCUT2D eigenvalue weighted by molar-refractivity contribution is 0.169. The van der Waals surface area contributed by atoms with Gasteiger partial charge in [-0.25, -0.2) is 4.79 Å². The Bertz CT molecular complexity index is 671. The van der Waals surface area contributed by atoms with Gasteiger partial charge in [0.15, 0.2) is 0 Å². The van der Waals surface area contributed by atoms with Crippen molar-refractivity contribution in [3.8, 4) is 0 Å². The number of hydrogen-bond donors (Lipinski definition) is 1. The van der Waals surface area contributed by atoms with Crippen molar-refractivity contribution in [3.63, 3.8) is 0 Å². The number of hydrogen-bond acceptors (Lipinski definition) is 1. The minimum atomic E-state index is -0.0833. The number of nitrogens with one attached hydrogen (secondary N) is 1. The van der Waals surface area contributed by atoms with E-state index >= 15 is 0 Å². The van der Waals surface area contributed by atoms with Crippen molar-refractivity contribution >= 4 is 33.6 Å². The van der Waals surface area contributed by atoms with Gasteiger partial charge in [0, 0.05) is 41.9 Å². The van der Waals surface area contributed by atoms with Crippen molar-refractivity contribution in [2.75, 3.05) is 18.4 Å². The summed E-state index contributed by atoms with van der Waals surface area (Å²) >= 11 is 9.40. The van der Waals surface area contributed by atoms with E-state index in [0.29, 0.717) is 18.1 Å². The first kappa shape index (κ1) is 16.4. The number of benzene rings is 1. The number of amides is 2. The second-order valence-corrected chi connectivity index (χ2v) is 6.78. The molecule has 0 unspecified atom stereocenters. The largest absolute Gasteiger partial charge is 0.348 e. The molecule has 1 aliphatic rings. The lowest BCUT2D eigenvalue weighted by Gasteiger charge is -2.37. The first-order valence-corrected chi connectivity index (χ1v) is 9.21. The third-order valence-corrected chi connectivity index (χ3v) is 4.88. The molecular formula is C17H19BrClN3O. The number of halogens is 2. The van der Waals surface area contributed by atoms with Crippen LogP contribution in [0.1, 0.15) is 23.7 Å². The van der Waals surface area contributed by atoms with Crippen LogP contribution in [0.4, 0.5) is 4.79 Å². The second kappa shape index (κ2) is 7.41. The maximum atomic E-state index is 12.6. The van der Waals surface area contributed by atoms with Crippen molar-refractivity contribution < 1.29 is 4.79 Å².